The van der Waals surface area contributed by atoms with Gasteiger partial charge in [-0.05, 0) is 55.0 Å². The first-order valence-corrected chi connectivity index (χ1v) is 11.1. The van der Waals surface area contributed by atoms with Crippen LogP contribution in [0.5, 0.6) is 5.75 Å². The second-order valence-electron chi connectivity index (χ2n) is 8.22. The summed E-state index contributed by atoms with van der Waals surface area (Å²) in [6.07, 6.45) is 4.42. The summed E-state index contributed by atoms with van der Waals surface area (Å²) in [6, 6.07) is 8.40. The fraction of sp³-hybridized carbons (Fsp3) is 0.417. The number of aromatic nitrogens is 3. The Labute approximate surface area is 191 Å². The molecule has 0 amide bonds. The van der Waals surface area contributed by atoms with Crippen molar-refractivity contribution in [1.29, 1.82) is 0 Å². The van der Waals surface area contributed by atoms with Gasteiger partial charge in [0, 0.05) is 37.1 Å². The summed E-state index contributed by atoms with van der Waals surface area (Å²) in [5, 5.41) is 16.7. The monoisotopic (exact) mass is 454 g/mol. The number of halogens is 1. The van der Waals surface area contributed by atoms with E-state index in [2.05, 4.69) is 27.6 Å². The van der Waals surface area contributed by atoms with E-state index in [1.165, 1.54) is 24.8 Å². The van der Waals surface area contributed by atoms with E-state index in [0.29, 0.717) is 29.4 Å². The van der Waals surface area contributed by atoms with Gasteiger partial charge in [0.25, 0.3) is 0 Å². The van der Waals surface area contributed by atoms with E-state index >= 15 is 0 Å². The summed E-state index contributed by atoms with van der Waals surface area (Å²) in [5.41, 5.74) is 2.80. The number of benzene rings is 1. The molecular weight excluding hydrogens is 427 g/mol. The average Bonchev–Trinajstić information content (AvgIpc) is 3.25. The van der Waals surface area contributed by atoms with Gasteiger partial charge in [-0.3, -0.25) is 4.79 Å². The van der Waals surface area contributed by atoms with E-state index in [1.54, 1.807) is 6.07 Å². The van der Waals surface area contributed by atoms with Crippen LogP contribution in [0.4, 0.5) is 10.2 Å². The lowest BCUT2D eigenvalue weighted by atomic mass is 9.92. The van der Waals surface area contributed by atoms with Crippen LogP contribution in [-0.2, 0) is 30.5 Å². The third-order valence-electron chi connectivity index (χ3n) is 5.74. The SMILES string of the molecule is COc1cc(F)cc(C(CC(=O)O)Cc2nc(CCCc3ccc4c(n3)NCCC4)no2)c1. The van der Waals surface area contributed by atoms with Crippen molar-refractivity contribution < 1.29 is 23.6 Å². The summed E-state index contributed by atoms with van der Waals surface area (Å²) in [7, 11) is 1.44. The number of ether oxygens (including phenoxy) is 1. The Balaban J connectivity index is 1.37. The fourth-order valence-corrected chi connectivity index (χ4v) is 4.08. The van der Waals surface area contributed by atoms with Crippen molar-refractivity contribution in [3.05, 3.63) is 64.7 Å². The molecule has 2 N–H and O–H groups in total. The number of carboxylic acid groups (broad SMARTS) is 1. The standard InChI is InChI=1S/C24H27FN4O4/c1-32-20-11-16(10-18(25)14-20)17(13-23(30)31)12-22-28-21(29-33-22)6-2-5-19-8-7-15-4-3-9-26-24(15)27-19/h7-8,10-11,14,17H,2-6,9,12-13H2,1H3,(H,26,27)(H,30,31). The predicted molar refractivity (Wildman–Crippen MR) is 119 cm³/mol. The van der Waals surface area contributed by atoms with Gasteiger partial charge < -0.3 is 19.7 Å². The van der Waals surface area contributed by atoms with Crippen LogP contribution in [0.3, 0.4) is 0 Å². The van der Waals surface area contributed by atoms with E-state index in [1.807, 2.05) is 0 Å². The number of anilines is 1. The topological polar surface area (TPSA) is 110 Å². The van der Waals surface area contributed by atoms with Crippen LogP contribution in [0.15, 0.2) is 34.9 Å². The van der Waals surface area contributed by atoms with Gasteiger partial charge in [-0.15, -0.1) is 0 Å². The van der Waals surface area contributed by atoms with Crippen molar-refractivity contribution >= 4 is 11.8 Å². The summed E-state index contributed by atoms with van der Waals surface area (Å²) in [5.74, 6) is 0.207. The molecule has 1 aliphatic rings. The third kappa shape index (κ3) is 6.06. The first-order chi connectivity index (χ1) is 16.0. The highest BCUT2D eigenvalue weighted by Gasteiger charge is 2.21. The second kappa shape index (κ2) is 10.4. The van der Waals surface area contributed by atoms with Crippen LogP contribution in [0.25, 0.3) is 0 Å². The lowest BCUT2D eigenvalue weighted by molar-refractivity contribution is -0.137. The van der Waals surface area contributed by atoms with E-state index in [4.69, 9.17) is 14.2 Å². The molecule has 0 radical (unpaired) electrons. The van der Waals surface area contributed by atoms with E-state index in [0.717, 1.165) is 43.7 Å². The van der Waals surface area contributed by atoms with Gasteiger partial charge in [0.1, 0.15) is 17.4 Å². The Morgan fingerprint density at radius 1 is 1.27 bits per heavy atom. The normalized spacial score (nSPS) is 13.8. The number of hydrogen-bond donors (Lipinski definition) is 2. The number of hydrogen-bond acceptors (Lipinski definition) is 7. The number of aliphatic carboxylic acids is 1. The molecule has 0 saturated carbocycles. The highest BCUT2D eigenvalue weighted by atomic mass is 19.1. The molecule has 4 rings (SSSR count). The molecule has 1 unspecified atom stereocenters. The van der Waals surface area contributed by atoms with Gasteiger partial charge >= 0.3 is 5.97 Å². The minimum atomic E-state index is -0.991. The third-order valence-corrected chi connectivity index (χ3v) is 5.74. The molecule has 1 aromatic carbocycles. The molecule has 33 heavy (non-hydrogen) atoms. The van der Waals surface area contributed by atoms with Crippen molar-refractivity contribution in [2.24, 2.45) is 0 Å². The van der Waals surface area contributed by atoms with Crippen LogP contribution >= 0.6 is 0 Å². The summed E-state index contributed by atoms with van der Waals surface area (Å²) < 4.78 is 24.4. The maximum absolute atomic E-state index is 13.9. The summed E-state index contributed by atoms with van der Waals surface area (Å²) in [4.78, 5) is 20.5. The van der Waals surface area contributed by atoms with E-state index < -0.39 is 17.7 Å². The Hall–Kier alpha value is -3.49. The van der Waals surface area contributed by atoms with Crippen LogP contribution in [0.1, 0.15) is 53.7 Å². The van der Waals surface area contributed by atoms with Crippen LogP contribution in [0.2, 0.25) is 0 Å². The summed E-state index contributed by atoms with van der Waals surface area (Å²) in [6.45, 7) is 0.959. The number of nitrogens with one attached hydrogen (secondary N) is 1. The second-order valence-corrected chi connectivity index (χ2v) is 8.22. The number of aryl methyl sites for hydroxylation is 3. The molecule has 8 nitrogen and oxygen atoms in total. The van der Waals surface area contributed by atoms with Crippen molar-refractivity contribution in [3.8, 4) is 5.75 Å². The predicted octanol–water partition coefficient (Wildman–Crippen LogP) is 3.95. The number of carbonyl (C=O) groups is 1. The zero-order valence-electron chi connectivity index (χ0n) is 18.5. The highest BCUT2D eigenvalue weighted by molar-refractivity contribution is 5.68. The Bertz CT molecular complexity index is 1120. The van der Waals surface area contributed by atoms with Crippen molar-refractivity contribution in [2.75, 3.05) is 19.0 Å². The molecule has 3 aromatic rings. The molecule has 0 spiro atoms. The van der Waals surface area contributed by atoms with Crippen LogP contribution in [0, 0.1) is 5.82 Å². The zero-order chi connectivity index (χ0) is 23.2. The minimum absolute atomic E-state index is 0.192. The number of pyridine rings is 1. The van der Waals surface area contributed by atoms with Crippen molar-refractivity contribution in [1.82, 2.24) is 15.1 Å². The molecule has 9 heteroatoms. The molecule has 174 valence electrons. The Kier molecular flexibility index (Phi) is 7.16. The summed E-state index contributed by atoms with van der Waals surface area (Å²) >= 11 is 0. The van der Waals surface area contributed by atoms with E-state index in [9.17, 15) is 14.3 Å². The molecule has 2 aromatic heterocycles. The maximum Gasteiger partial charge on any atom is 0.303 e. The van der Waals surface area contributed by atoms with Gasteiger partial charge in [0.05, 0.1) is 13.5 Å². The smallest absolute Gasteiger partial charge is 0.303 e. The molecule has 0 saturated heterocycles. The first-order valence-electron chi connectivity index (χ1n) is 11.1. The van der Waals surface area contributed by atoms with Gasteiger partial charge in [0.15, 0.2) is 5.82 Å². The Morgan fingerprint density at radius 3 is 2.97 bits per heavy atom. The van der Waals surface area contributed by atoms with Gasteiger partial charge in [0.2, 0.25) is 5.89 Å². The molecule has 0 bridgehead atoms. The molecule has 1 atom stereocenters. The van der Waals surface area contributed by atoms with Crippen molar-refractivity contribution in [3.63, 3.8) is 0 Å². The number of carboxylic acids is 1. The first kappa shape index (κ1) is 22.7. The quantitative estimate of drug-likeness (QED) is 0.474. The lowest BCUT2D eigenvalue weighted by Gasteiger charge is -2.17. The fourth-order valence-electron chi connectivity index (χ4n) is 4.08. The van der Waals surface area contributed by atoms with E-state index in [-0.39, 0.29) is 12.8 Å². The van der Waals surface area contributed by atoms with Gasteiger partial charge in [-0.2, -0.15) is 4.98 Å². The largest absolute Gasteiger partial charge is 0.497 e. The molecule has 0 aliphatic carbocycles. The molecule has 1 aliphatic heterocycles. The number of rotatable bonds is 10. The molecule has 3 heterocycles. The van der Waals surface area contributed by atoms with Crippen molar-refractivity contribution in [2.45, 2.75) is 50.9 Å². The lowest BCUT2D eigenvalue weighted by Crippen LogP contribution is -2.14. The van der Waals surface area contributed by atoms with Gasteiger partial charge in [-0.1, -0.05) is 11.2 Å². The Morgan fingerprint density at radius 2 is 2.15 bits per heavy atom. The van der Waals surface area contributed by atoms with Crippen LogP contribution in [-0.4, -0.2) is 39.9 Å². The number of fused-ring (bicyclic) bond motifs is 1. The maximum atomic E-state index is 13.9. The molecule has 0 fully saturated rings. The average molecular weight is 455 g/mol. The zero-order valence-corrected chi connectivity index (χ0v) is 18.5. The highest BCUT2D eigenvalue weighted by Crippen LogP contribution is 2.28. The van der Waals surface area contributed by atoms with Gasteiger partial charge in [-0.25, -0.2) is 9.37 Å². The number of methoxy groups -OCH3 is 1. The van der Waals surface area contributed by atoms with Crippen LogP contribution < -0.4 is 10.1 Å². The minimum Gasteiger partial charge on any atom is -0.497 e. The molecular formula is C24H27FN4O4. The number of nitrogens with zero attached hydrogens (tertiary/aromatic N) is 3.